The minimum atomic E-state index is -1.02. The smallest absolute Gasteiger partial charge is 0.407 e. The number of aromatic nitrogens is 1. The molecule has 0 aliphatic rings. The lowest BCUT2D eigenvalue weighted by Gasteiger charge is -2.25. The lowest BCUT2D eigenvalue weighted by Crippen LogP contribution is -2.42. The maximum absolute atomic E-state index is 11.9. The van der Waals surface area contributed by atoms with E-state index < -0.39 is 23.6 Å². The molecular formula is C17H28N2O6S. The number of carbonyl (C=O) groups excluding carboxylic acids is 1. The second-order valence-corrected chi connectivity index (χ2v) is 7.93. The lowest BCUT2D eigenvalue weighted by molar-refractivity contribution is -0.134. The minimum Gasteiger partial charge on any atom is -0.481 e. The molecule has 1 aromatic heterocycles. The van der Waals surface area contributed by atoms with Gasteiger partial charge in [0, 0.05) is 24.8 Å². The fourth-order valence-electron chi connectivity index (χ4n) is 1.83. The Morgan fingerprint density at radius 3 is 2.19 bits per heavy atom. The Kier molecular flexibility index (Phi) is 9.85. The molecule has 0 saturated carbocycles. The maximum atomic E-state index is 11.9. The summed E-state index contributed by atoms with van der Waals surface area (Å²) in [5, 5.41) is 21.4. The molecule has 1 aromatic rings. The maximum Gasteiger partial charge on any atom is 0.407 e. The molecule has 0 saturated heterocycles. The number of hydrogen-bond acceptors (Lipinski definition) is 6. The standard InChI is InChI=1S/C15H24N2O4S.C2H4O2/c1-9(2)10(17-14(20)21-15(3,4)5)6-7-12-16-11(8-22-12)13(18)19;1-2(3)4/h8-10H,6-7H2,1-5H3,(H,17,20)(H,18,19);1H3,(H,3,4). The molecule has 1 unspecified atom stereocenters. The molecule has 26 heavy (non-hydrogen) atoms. The largest absolute Gasteiger partial charge is 0.481 e. The first-order valence-electron chi connectivity index (χ1n) is 8.18. The third-order valence-corrected chi connectivity index (χ3v) is 3.86. The van der Waals surface area contributed by atoms with E-state index in [0.29, 0.717) is 12.8 Å². The zero-order valence-electron chi connectivity index (χ0n) is 16.0. The van der Waals surface area contributed by atoms with Crippen molar-refractivity contribution in [3.63, 3.8) is 0 Å². The average Bonchev–Trinajstić information content (AvgIpc) is 2.89. The van der Waals surface area contributed by atoms with E-state index in [0.717, 1.165) is 11.9 Å². The molecule has 1 rings (SSSR count). The van der Waals surface area contributed by atoms with Crippen LogP contribution in [0.5, 0.6) is 0 Å². The van der Waals surface area contributed by atoms with E-state index in [-0.39, 0.29) is 17.7 Å². The quantitative estimate of drug-likeness (QED) is 0.681. The summed E-state index contributed by atoms with van der Waals surface area (Å²) in [5.41, 5.74) is -0.460. The second kappa shape index (κ2) is 10.7. The highest BCUT2D eigenvalue weighted by Crippen LogP contribution is 2.16. The minimum absolute atomic E-state index is 0.0490. The molecule has 0 radical (unpaired) electrons. The highest BCUT2D eigenvalue weighted by atomic mass is 32.1. The summed E-state index contributed by atoms with van der Waals surface area (Å²) >= 11 is 1.32. The van der Waals surface area contributed by atoms with Crippen LogP contribution in [0.3, 0.4) is 0 Å². The van der Waals surface area contributed by atoms with Crippen LogP contribution in [0.15, 0.2) is 5.38 Å². The molecule has 0 aliphatic carbocycles. The molecule has 148 valence electrons. The van der Waals surface area contributed by atoms with Crippen LogP contribution in [0, 0.1) is 5.92 Å². The molecule has 0 bridgehead atoms. The van der Waals surface area contributed by atoms with Gasteiger partial charge in [0.25, 0.3) is 5.97 Å². The van der Waals surface area contributed by atoms with Crippen LogP contribution in [-0.2, 0) is 16.0 Å². The molecule has 1 heterocycles. The van der Waals surface area contributed by atoms with Gasteiger partial charge in [0.1, 0.15) is 5.60 Å². The van der Waals surface area contributed by atoms with Gasteiger partial charge in [0.15, 0.2) is 5.69 Å². The van der Waals surface area contributed by atoms with Gasteiger partial charge in [-0.25, -0.2) is 14.6 Å². The molecule has 8 nitrogen and oxygen atoms in total. The lowest BCUT2D eigenvalue weighted by atomic mass is 9.99. The van der Waals surface area contributed by atoms with Gasteiger partial charge in [-0.1, -0.05) is 13.8 Å². The first kappa shape index (κ1) is 23.8. The van der Waals surface area contributed by atoms with Crippen LogP contribution in [0.2, 0.25) is 0 Å². The van der Waals surface area contributed by atoms with Crippen molar-refractivity contribution >= 4 is 29.4 Å². The topological polar surface area (TPSA) is 126 Å². The first-order chi connectivity index (χ1) is 11.8. The summed E-state index contributed by atoms with van der Waals surface area (Å²) in [5.74, 6) is -1.61. The van der Waals surface area contributed by atoms with Gasteiger partial charge in [-0.15, -0.1) is 11.3 Å². The van der Waals surface area contributed by atoms with E-state index in [1.54, 1.807) is 0 Å². The Morgan fingerprint density at radius 2 is 1.81 bits per heavy atom. The SMILES string of the molecule is CC(=O)O.CC(C)C(CCc1nc(C(=O)O)cs1)NC(=O)OC(C)(C)C. The Bertz CT molecular complexity index is 603. The number of aryl methyl sites for hydroxylation is 1. The number of carboxylic acid groups (broad SMARTS) is 2. The van der Waals surface area contributed by atoms with Crippen molar-refractivity contribution in [2.75, 3.05) is 0 Å². The third-order valence-electron chi connectivity index (χ3n) is 2.95. The number of thiazole rings is 1. The Morgan fingerprint density at radius 1 is 1.27 bits per heavy atom. The predicted octanol–water partition coefficient (Wildman–Crippen LogP) is 3.41. The fourth-order valence-corrected chi connectivity index (χ4v) is 2.62. The number of nitrogens with one attached hydrogen (secondary N) is 1. The molecule has 0 aliphatic heterocycles. The number of nitrogens with zero attached hydrogens (tertiary/aromatic N) is 1. The molecule has 1 atom stereocenters. The number of aromatic carboxylic acids is 1. The molecule has 1 amide bonds. The predicted molar refractivity (Wildman–Crippen MR) is 98.7 cm³/mol. The number of carboxylic acids is 2. The Labute approximate surface area is 157 Å². The zero-order valence-corrected chi connectivity index (χ0v) is 16.8. The number of alkyl carbamates (subject to hydrolysis) is 1. The summed E-state index contributed by atoms with van der Waals surface area (Å²) in [7, 11) is 0. The molecular weight excluding hydrogens is 360 g/mol. The molecule has 0 spiro atoms. The normalized spacial score (nSPS) is 12.0. The van der Waals surface area contributed by atoms with Crippen molar-refractivity contribution in [1.82, 2.24) is 10.3 Å². The van der Waals surface area contributed by atoms with Crippen LogP contribution in [-0.4, -0.2) is 44.9 Å². The number of amides is 1. The summed E-state index contributed by atoms with van der Waals surface area (Å²) < 4.78 is 5.27. The van der Waals surface area contributed by atoms with Crippen molar-refractivity contribution < 1.29 is 29.3 Å². The highest BCUT2D eigenvalue weighted by Gasteiger charge is 2.21. The van der Waals surface area contributed by atoms with Crippen molar-refractivity contribution in [2.45, 2.75) is 66.0 Å². The van der Waals surface area contributed by atoms with E-state index in [9.17, 15) is 9.59 Å². The number of ether oxygens (including phenoxy) is 1. The van der Waals surface area contributed by atoms with Crippen LogP contribution >= 0.6 is 11.3 Å². The number of aliphatic carboxylic acids is 1. The Hall–Kier alpha value is -2.16. The van der Waals surface area contributed by atoms with Gasteiger partial charge in [0.2, 0.25) is 0 Å². The van der Waals surface area contributed by atoms with Crippen molar-refractivity contribution in [2.24, 2.45) is 5.92 Å². The van der Waals surface area contributed by atoms with Gasteiger partial charge >= 0.3 is 12.1 Å². The fraction of sp³-hybridized carbons (Fsp3) is 0.647. The van der Waals surface area contributed by atoms with Gasteiger partial charge in [-0.05, 0) is 33.1 Å². The van der Waals surface area contributed by atoms with Crippen LogP contribution in [0.1, 0.15) is 63.5 Å². The molecule has 9 heteroatoms. The van der Waals surface area contributed by atoms with E-state index >= 15 is 0 Å². The Balaban J connectivity index is 0.00000141. The summed E-state index contributed by atoms with van der Waals surface area (Å²) in [6, 6.07) is -0.0490. The zero-order chi connectivity index (χ0) is 20.5. The monoisotopic (exact) mass is 388 g/mol. The first-order valence-corrected chi connectivity index (χ1v) is 9.06. The number of hydrogen-bond donors (Lipinski definition) is 3. The van der Waals surface area contributed by atoms with Crippen LogP contribution < -0.4 is 5.32 Å². The van der Waals surface area contributed by atoms with Crippen molar-refractivity contribution in [3.8, 4) is 0 Å². The van der Waals surface area contributed by atoms with E-state index in [1.165, 1.54) is 16.7 Å². The van der Waals surface area contributed by atoms with Crippen LogP contribution in [0.25, 0.3) is 0 Å². The summed E-state index contributed by atoms with van der Waals surface area (Å²) in [6.45, 7) is 10.6. The average molecular weight is 388 g/mol. The summed E-state index contributed by atoms with van der Waals surface area (Å²) in [6.07, 6.45) is 0.872. The second-order valence-electron chi connectivity index (χ2n) is 6.99. The van der Waals surface area contributed by atoms with E-state index in [2.05, 4.69) is 10.3 Å². The molecule has 0 aromatic carbocycles. The number of rotatable bonds is 6. The van der Waals surface area contributed by atoms with E-state index in [4.69, 9.17) is 19.7 Å². The van der Waals surface area contributed by atoms with Crippen molar-refractivity contribution in [3.05, 3.63) is 16.1 Å². The van der Waals surface area contributed by atoms with Gasteiger partial charge in [0.05, 0.1) is 5.01 Å². The summed E-state index contributed by atoms with van der Waals surface area (Å²) in [4.78, 5) is 35.7. The van der Waals surface area contributed by atoms with Crippen molar-refractivity contribution in [1.29, 1.82) is 0 Å². The number of carbonyl (C=O) groups is 3. The van der Waals surface area contributed by atoms with Gasteiger partial charge in [-0.3, -0.25) is 4.79 Å². The van der Waals surface area contributed by atoms with Gasteiger partial charge in [-0.2, -0.15) is 0 Å². The van der Waals surface area contributed by atoms with Crippen LogP contribution in [0.4, 0.5) is 4.79 Å². The third kappa shape index (κ3) is 11.4. The molecule has 3 N–H and O–H groups in total. The van der Waals surface area contributed by atoms with Gasteiger partial charge < -0.3 is 20.3 Å². The van der Waals surface area contributed by atoms with E-state index in [1.807, 2.05) is 34.6 Å². The highest BCUT2D eigenvalue weighted by molar-refractivity contribution is 7.09. The molecule has 0 fully saturated rings.